The van der Waals surface area contributed by atoms with Crippen LogP contribution in [-0.4, -0.2) is 5.11 Å². The highest BCUT2D eigenvalue weighted by Gasteiger charge is 2.07. The number of hydrogen-bond acceptors (Lipinski definition) is 1. The van der Waals surface area contributed by atoms with E-state index in [9.17, 15) is 5.11 Å². The summed E-state index contributed by atoms with van der Waals surface area (Å²) in [6.45, 7) is 4.02. The predicted octanol–water partition coefficient (Wildman–Crippen LogP) is 4.41. The van der Waals surface area contributed by atoms with Gasteiger partial charge in [-0.2, -0.15) is 0 Å². The van der Waals surface area contributed by atoms with Gasteiger partial charge >= 0.3 is 0 Å². The third kappa shape index (κ3) is 2.45. The maximum Gasteiger partial charge on any atom is 0.116 e. The van der Waals surface area contributed by atoms with E-state index in [-0.39, 0.29) is 0 Å². The molecule has 0 saturated heterocycles. The molecule has 2 aromatic carbocycles. The van der Waals surface area contributed by atoms with E-state index in [0.717, 1.165) is 22.3 Å². The second-order valence-electron chi connectivity index (χ2n) is 4.29. The Kier molecular flexibility index (Phi) is 3.39. The van der Waals surface area contributed by atoms with Crippen LogP contribution in [0.3, 0.4) is 0 Å². The van der Waals surface area contributed by atoms with Crippen molar-refractivity contribution in [3.63, 3.8) is 0 Å². The summed E-state index contributed by atoms with van der Waals surface area (Å²) in [5.41, 5.74) is 5.59. The lowest BCUT2D eigenvalue weighted by atomic mass is 9.94. The fourth-order valence-corrected chi connectivity index (χ4v) is 2.37. The van der Waals surface area contributed by atoms with Crippen molar-refractivity contribution in [1.82, 2.24) is 0 Å². The zero-order valence-corrected chi connectivity index (χ0v) is 10.8. The maximum absolute atomic E-state index is 9.54. The summed E-state index contributed by atoms with van der Waals surface area (Å²) in [7, 11) is 0. The van der Waals surface area contributed by atoms with E-state index in [2.05, 4.69) is 12.1 Å². The number of rotatable bonds is 2. The molecule has 2 heteroatoms. The molecule has 0 radical (unpaired) electrons. The molecule has 0 aliphatic carbocycles. The molecule has 0 fully saturated rings. The third-order valence-electron chi connectivity index (χ3n) is 2.89. The van der Waals surface area contributed by atoms with Crippen LogP contribution in [0.5, 0.6) is 5.75 Å². The van der Waals surface area contributed by atoms with Crippen molar-refractivity contribution in [2.24, 2.45) is 0 Å². The summed E-state index contributed by atoms with van der Waals surface area (Å²) in [5.74, 6) is 0.835. The first-order valence-corrected chi connectivity index (χ1v) is 6.11. The van der Waals surface area contributed by atoms with Crippen LogP contribution in [0.4, 0.5) is 0 Å². The van der Waals surface area contributed by atoms with Gasteiger partial charge in [0.2, 0.25) is 0 Å². The molecule has 0 atom stereocenters. The van der Waals surface area contributed by atoms with Crippen LogP contribution >= 0.6 is 11.6 Å². The Balaban J connectivity index is 2.60. The van der Waals surface area contributed by atoms with E-state index < -0.39 is 0 Å². The average molecular weight is 247 g/mol. The molecule has 1 nitrogen and oxygen atoms in total. The van der Waals surface area contributed by atoms with Crippen LogP contribution in [0.2, 0.25) is 0 Å². The van der Waals surface area contributed by atoms with Gasteiger partial charge in [-0.3, -0.25) is 0 Å². The van der Waals surface area contributed by atoms with Crippen LogP contribution in [0.1, 0.15) is 16.7 Å². The number of phenols is 1. The third-order valence-corrected chi connectivity index (χ3v) is 3.20. The minimum atomic E-state index is 0.317. The fourth-order valence-electron chi connectivity index (χ4n) is 2.21. The summed E-state index contributed by atoms with van der Waals surface area (Å²) in [5, 5.41) is 9.54. The van der Waals surface area contributed by atoms with Crippen molar-refractivity contribution in [3.05, 3.63) is 53.1 Å². The Labute approximate surface area is 107 Å². The zero-order valence-electron chi connectivity index (χ0n) is 10.00. The number of phenolic OH excluding ortho intramolecular Hbond substituents is 1. The van der Waals surface area contributed by atoms with Gasteiger partial charge in [0.05, 0.1) is 0 Å². The van der Waals surface area contributed by atoms with Crippen LogP contribution in [0.25, 0.3) is 11.1 Å². The molecule has 0 aliphatic rings. The Morgan fingerprint density at radius 3 is 2.29 bits per heavy atom. The zero-order chi connectivity index (χ0) is 12.4. The SMILES string of the molecule is Cc1cc(O)cc(C)c1-c1cccc(CCl)c1. The molecule has 0 unspecified atom stereocenters. The highest BCUT2D eigenvalue weighted by molar-refractivity contribution is 6.17. The number of aryl methyl sites for hydroxylation is 2. The molecule has 0 heterocycles. The first-order chi connectivity index (χ1) is 8.11. The summed E-state index contributed by atoms with van der Waals surface area (Å²) >= 11 is 5.85. The highest BCUT2D eigenvalue weighted by atomic mass is 35.5. The fraction of sp³-hybridized carbons (Fsp3) is 0.200. The number of benzene rings is 2. The Bertz CT molecular complexity index is 523. The van der Waals surface area contributed by atoms with Gasteiger partial charge < -0.3 is 5.11 Å². The molecule has 2 rings (SSSR count). The van der Waals surface area contributed by atoms with Gasteiger partial charge in [-0.15, -0.1) is 11.6 Å². The lowest BCUT2D eigenvalue weighted by Gasteiger charge is -2.11. The second-order valence-corrected chi connectivity index (χ2v) is 4.56. The van der Waals surface area contributed by atoms with Gasteiger partial charge in [0, 0.05) is 5.88 Å². The minimum absolute atomic E-state index is 0.317. The van der Waals surface area contributed by atoms with Gasteiger partial charge in [-0.1, -0.05) is 18.2 Å². The first kappa shape index (κ1) is 12.0. The summed E-state index contributed by atoms with van der Waals surface area (Å²) in [6.07, 6.45) is 0. The van der Waals surface area contributed by atoms with Crippen molar-refractivity contribution in [1.29, 1.82) is 0 Å². The molecule has 0 aromatic heterocycles. The van der Waals surface area contributed by atoms with Gasteiger partial charge in [0.15, 0.2) is 0 Å². The average Bonchev–Trinajstić information content (AvgIpc) is 2.28. The van der Waals surface area contributed by atoms with Crippen LogP contribution in [0.15, 0.2) is 36.4 Å². The van der Waals surface area contributed by atoms with Crippen molar-refractivity contribution in [2.45, 2.75) is 19.7 Å². The Morgan fingerprint density at radius 2 is 1.71 bits per heavy atom. The normalized spacial score (nSPS) is 10.5. The van der Waals surface area contributed by atoms with Crippen LogP contribution in [-0.2, 0) is 5.88 Å². The highest BCUT2D eigenvalue weighted by Crippen LogP contribution is 2.31. The van der Waals surface area contributed by atoms with Crippen molar-refractivity contribution in [3.8, 4) is 16.9 Å². The molecule has 0 spiro atoms. The number of halogens is 1. The molecule has 0 amide bonds. The first-order valence-electron chi connectivity index (χ1n) is 5.57. The largest absolute Gasteiger partial charge is 0.508 e. The van der Waals surface area contributed by atoms with E-state index in [1.165, 1.54) is 5.56 Å². The smallest absolute Gasteiger partial charge is 0.116 e. The van der Waals surface area contributed by atoms with Crippen molar-refractivity contribution < 1.29 is 5.11 Å². The molecule has 0 bridgehead atoms. The van der Waals surface area contributed by atoms with E-state index in [1.807, 2.05) is 26.0 Å². The standard InChI is InChI=1S/C15H15ClO/c1-10-6-14(17)7-11(2)15(10)13-5-3-4-12(8-13)9-16/h3-8,17H,9H2,1-2H3. The van der Waals surface area contributed by atoms with Gasteiger partial charge in [0.1, 0.15) is 5.75 Å². The van der Waals surface area contributed by atoms with Gasteiger partial charge in [0.25, 0.3) is 0 Å². The molecular formula is C15H15ClO. The quantitative estimate of drug-likeness (QED) is 0.778. The second kappa shape index (κ2) is 4.80. The predicted molar refractivity (Wildman–Crippen MR) is 72.6 cm³/mol. The molecule has 88 valence electrons. The molecule has 2 aromatic rings. The van der Waals surface area contributed by atoms with E-state index in [4.69, 9.17) is 11.6 Å². The molecule has 0 saturated carbocycles. The number of alkyl halides is 1. The van der Waals surface area contributed by atoms with Crippen LogP contribution < -0.4 is 0 Å². The Hall–Kier alpha value is -1.47. The monoisotopic (exact) mass is 246 g/mol. The lowest BCUT2D eigenvalue weighted by molar-refractivity contribution is 0.474. The molecule has 17 heavy (non-hydrogen) atoms. The van der Waals surface area contributed by atoms with Gasteiger partial charge in [-0.05, 0) is 59.9 Å². The van der Waals surface area contributed by atoms with E-state index >= 15 is 0 Å². The topological polar surface area (TPSA) is 20.2 Å². The molecule has 1 N–H and O–H groups in total. The Morgan fingerprint density at radius 1 is 1.06 bits per heavy atom. The molecular weight excluding hydrogens is 232 g/mol. The minimum Gasteiger partial charge on any atom is -0.508 e. The lowest BCUT2D eigenvalue weighted by Crippen LogP contribution is -1.89. The summed E-state index contributed by atoms with van der Waals surface area (Å²) in [4.78, 5) is 0. The van der Waals surface area contributed by atoms with Crippen molar-refractivity contribution >= 4 is 11.6 Å². The summed E-state index contributed by atoms with van der Waals surface area (Å²) < 4.78 is 0. The van der Waals surface area contributed by atoms with E-state index in [0.29, 0.717) is 11.6 Å². The summed E-state index contributed by atoms with van der Waals surface area (Å²) in [6, 6.07) is 11.8. The van der Waals surface area contributed by atoms with Crippen molar-refractivity contribution in [2.75, 3.05) is 0 Å². The maximum atomic E-state index is 9.54. The molecule has 0 aliphatic heterocycles. The van der Waals surface area contributed by atoms with E-state index in [1.54, 1.807) is 12.1 Å². The van der Waals surface area contributed by atoms with Crippen LogP contribution in [0, 0.1) is 13.8 Å². The van der Waals surface area contributed by atoms with Gasteiger partial charge in [-0.25, -0.2) is 0 Å². The number of aromatic hydroxyl groups is 1. The number of hydrogen-bond donors (Lipinski definition) is 1.